The van der Waals surface area contributed by atoms with Crippen LogP contribution in [0.4, 0.5) is 16.2 Å². The number of amidine groups is 1. The Kier molecular flexibility index (Phi) is 9.27. The van der Waals surface area contributed by atoms with Crippen LogP contribution in [0.5, 0.6) is 0 Å². The van der Waals surface area contributed by atoms with Crippen molar-refractivity contribution in [2.45, 2.75) is 26.7 Å². The molecule has 2 rings (SSSR count). The number of rotatable bonds is 7. The fraction of sp³-hybridized carbons (Fsp3) is 0.304. The molecule has 2 aromatic carbocycles. The first-order valence-corrected chi connectivity index (χ1v) is 11.1. The topological polar surface area (TPSA) is 96.9 Å². The molecule has 0 aliphatic rings. The SMILES string of the molecule is COC(=O)N=C(Nc1cc(C(=O)c2ccccc2)ccc1NC(=O)CCC(C)C)SC. The molecule has 0 saturated carbocycles. The van der Waals surface area contributed by atoms with Gasteiger partial charge in [0.15, 0.2) is 11.0 Å². The first-order chi connectivity index (χ1) is 14.8. The molecule has 7 nitrogen and oxygen atoms in total. The molecule has 0 atom stereocenters. The van der Waals surface area contributed by atoms with E-state index in [0.717, 1.165) is 6.42 Å². The highest BCUT2D eigenvalue weighted by molar-refractivity contribution is 8.13. The summed E-state index contributed by atoms with van der Waals surface area (Å²) in [6, 6.07) is 13.9. The predicted octanol–water partition coefficient (Wildman–Crippen LogP) is 5.19. The molecule has 8 heteroatoms. The van der Waals surface area contributed by atoms with Crippen LogP contribution in [0.1, 0.15) is 42.6 Å². The van der Waals surface area contributed by atoms with E-state index in [1.807, 2.05) is 6.07 Å². The van der Waals surface area contributed by atoms with Gasteiger partial charge in [-0.05, 0) is 36.8 Å². The summed E-state index contributed by atoms with van der Waals surface area (Å²) >= 11 is 1.20. The predicted molar refractivity (Wildman–Crippen MR) is 126 cm³/mol. The Balaban J connectivity index is 2.37. The number of ketones is 1. The Bertz CT molecular complexity index is 959. The van der Waals surface area contributed by atoms with Crippen LogP contribution in [0.3, 0.4) is 0 Å². The van der Waals surface area contributed by atoms with Gasteiger partial charge < -0.3 is 15.4 Å². The molecule has 2 aromatic rings. The second kappa shape index (κ2) is 11.9. The van der Waals surface area contributed by atoms with Gasteiger partial charge in [-0.1, -0.05) is 55.9 Å². The average molecular weight is 442 g/mol. The molecule has 0 bridgehead atoms. The third-order valence-corrected chi connectivity index (χ3v) is 4.92. The maximum absolute atomic E-state index is 12.9. The van der Waals surface area contributed by atoms with Crippen LogP contribution in [0.15, 0.2) is 53.5 Å². The van der Waals surface area contributed by atoms with Gasteiger partial charge in [-0.15, -0.1) is 0 Å². The molecule has 2 amide bonds. The second-order valence-corrected chi connectivity index (χ2v) is 7.95. The maximum Gasteiger partial charge on any atom is 0.435 e. The fourth-order valence-corrected chi connectivity index (χ4v) is 3.03. The molecular formula is C23H27N3O4S. The summed E-state index contributed by atoms with van der Waals surface area (Å²) in [6.45, 7) is 4.11. The van der Waals surface area contributed by atoms with Crippen molar-refractivity contribution in [3.05, 3.63) is 59.7 Å². The van der Waals surface area contributed by atoms with E-state index in [1.165, 1.54) is 18.9 Å². The van der Waals surface area contributed by atoms with Crippen LogP contribution in [-0.4, -0.2) is 36.3 Å². The largest absolute Gasteiger partial charge is 0.451 e. The molecule has 0 heterocycles. The van der Waals surface area contributed by atoms with Crippen molar-refractivity contribution < 1.29 is 19.1 Å². The van der Waals surface area contributed by atoms with E-state index in [0.29, 0.717) is 34.8 Å². The highest BCUT2D eigenvalue weighted by Gasteiger charge is 2.15. The van der Waals surface area contributed by atoms with Crippen LogP contribution in [0.25, 0.3) is 0 Å². The minimum absolute atomic E-state index is 0.130. The average Bonchev–Trinajstić information content (AvgIpc) is 2.78. The summed E-state index contributed by atoms with van der Waals surface area (Å²) in [5, 5.41) is 6.17. The van der Waals surface area contributed by atoms with E-state index in [2.05, 4.69) is 34.2 Å². The number of nitrogens with one attached hydrogen (secondary N) is 2. The van der Waals surface area contributed by atoms with Crippen LogP contribution in [0, 0.1) is 5.92 Å². The highest BCUT2D eigenvalue weighted by Crippen LogP contribution is 2.26. The van der Waals surface area contributed by atoms with Crippen LogP contribution in [0.2, 0.25) is 0 Å². The Morgan fingerprint density at radius 2 is 1.71 bits per heavy atom. The summed E-state index contributed by atoms with van der Waals surface area (Å²) in [4.78, 5) is 40.6. The molecule has 0 unspecified atom stereocenters. The number of ether oxygens (including phenoxy) is 1. The van der Waals surface area contributed by atoms with Crippen molar-refractivity contribution in [1.29, 1.82) is 0 Å². The summed E-state index contributed by atoms with van der Waals surface area (Å²) in [5.74, 6) is 0.121. The third-order valence-electron chi connectivity index (χ3n) is 4.34. The Morgan fingerprint density at radius 1 is 1.00 bits per heavy atom. The molecule has 164 valence electrons. The molecule has 0 aliphatic carbocycles. The first-order valence-electron chi connectivity index (χ1n) is 9.85. The zero-order valence-corrected chi connectivity index (χ0v) is 18.9. The van der Waals surface area contributed by atoms with Gasteiger partial charge in [0.05, 0.1) is 18.5 Å². The number of benzene rings is 2. The summed E-state index contributed by atoms with van der Waals surface area (Å²) in [7, 11) is 1.24. The van der Waals surface area contributed by atoms with Gasteiger partial charge in [-0.2, -0.15) is 4.99 Å². The van der Waals surface area contributed by atoms with E-state index in [1.54, 1.807) is 48.7 Å². The summed E-state index contributed by atoms with van der Waals surface area (Å²) in [5.41, 5.74) is 1.93. The lowest BCUT2D eigenvalue weighted by molar-refractivity contribution is -0.116. The molecular weight excluding hydrogens is 414 g/mol. The number of carbonyl (C=O) groups is 3. The van der Waals surface area contributed by atoms with Gasteiger partial charge in [0.1, 0.15) is 0 Å². The molecule has 0 aromatic heterocycles. The minimum Gasteiger partial charge on any atom is -0.451 e. The van der Waals surface area contributed by atoms with Gasteiger partial charge in [0.25, 0.3) is 0 Å². The lowest BCUT2D eigenvalue weighted by Crippen LogP contribution is -2.17. The molecule has 0 fully saturated rings. The van der Waals surface area contributed by atoms with Crippen molar-refractivity contribution in [2.75, 3.05) is 24.0 Å². The van der Waals surface area contributed by atoms with Crippen molar-refractivity contribution in [2.24, 2.45) is 10.9 Å². The highest BCUT2D eigenvalue weighted by atomic mass is 32.2. The number of anilines is 2. The summed E-state index contributed by atoms with van der Waals surface area (Å²) in [6.07, 6.45) is 2.14. The monoisotopic (exact) mass is 441 g/mol. The van der Waals surface area contributed by atoms with Gasteiger partial charge in [0, 0.05) is 17.5 Å². The van der Waals surface area contributed by atoms with E-state index in [-0.39, 0.29) is 16.9 Å². The lowest BCUT2D eigenvalue weighted by atomic mass is 10.0. The van der Waals surface area contributed by atoms with E-state index in [9.17, 15) is 14.4 Å². The third kappa shape index (κ3) is 7.57. The quantitative estimate of drug-likeness (QED) is 0.349. The van der Waals surface area contributed by atoms with Crippen molar-refractivity contribution in [3.63, 3.8) is 0 Å². The van der Waals surface area contributed by atoms with Gasteiger partial charge >= 0.3 is 6.09 Å². The Labute approximate surface area is 186 Å². The van der Waals surface area contributed by atoms with E-state index in [4.69, 9.17) is 0 Å². The van der Waals surface area contributed by atoms with Crippen molar-refractivity contribution >= 4 is 46.1 Å². The molecule has 2 N–H and O–H groups in total. The number of thioether (sulfide) groups is 1. The van der Waals surface area contributed by atoms with Gasteiger partial charge in [0.2, 0.25) is 5.91 Å². The molecule has 0 radical (unpaired) electrons. The van der Waals surface area contributed by atoms with Crippen LogP contribution in [-0.2, 0) is 9.53 Å². The molecule has 0 saturated heterocycles. The number of aliphatic imine (C=N–C) groups is 1. The fourth-order valence-electron chi connectivity index (χ4n) is 2.65. The normalized spacial score (nSPS) is 11.2. The molecule has 31 heavy (non-hydrogen) atoms. The summed E-state index contributed by atoms with van der Waals surface area (Å²) < 4.78 is 4.59. The number of amides is 2. The minimum atomic E-state index is -0.754. The van der Waals surface area contributed by atoms with Gasteiger partial charge in [-0.25, -0.2) is 4.79 Å². The Morgan fingerprint density at radius 3 is 2.32 bits per heavy atom. The first kappa shape index (κ1) is 24.1. The molecule has 0 spiro atoms. The number of hydrogen-bond acceptors (Lipinski definition) is 5. The number of hydrogen-bond donors (Lipinski definition) is 2. The zero-order valence-electron chi connectivity index (χ0n) is 18.1. The standard InChI is InChI=1S/C23H27N3O4S/c1-15(2)10-13-20(27)24-18-12-11-17(21(28)16-8-6-5-7-9-16)14-19(18)25-22(31-4)26-23(29)30-3/h5-9,11-12,14-15H,10,13H2,1-4H3,(H,24,27)(H,25,26,29). The number of methoxy groups -OCH3 is 1. The smallest absolute Gasteiger partial charge is 0.435 e. The van der Waals surface area contributed by atoms with Crippen LogP contribution >= 0.6 is 11.8 Å². The zero-order chi connectivity index (χ0) is 22.8. The Hall–Kier alpha value is -3.13. The maximum atomic E-state index is 12.9. The van der Waals surface area contributed by atoms with E-state index >= 15 is 0 Å². The second-order valence-electron chi connectivity index (χ2n) is 7.15. The van der Waals surface area contributed by atoms with Crippen molar-refractivity contribution in [1.82, 2.24) is 0 Å². The number of nitrogens with zero attached hydrogens (tertiary/aromatic N) is 1. The van der Waals surface area contributed by atoms with Crippen molar-refractivity contribution in [3.8, 4) is 0 Å². The molecule has 0 aliphatic heterocycles. The van der Waals surface area contributed by atoms with Gasteiger partial charge in [-0.3, -0.25) is 9.59 Å². The van der Waals surface area contributed by atoms with Crippen LogP contribution < -0.4 is 10.6 Å². The van der Waals surface area contributed by atoms with E-state index < -0.39 is 6.09 Å². The number of carbonyl (C=O) groups excluding carboxylic acids is 3. The lowest BCUT2D eigenvalue weighted by Gasteiger charge is -2.15.